The smallest absolute Gasteiger partial charge is 0.256 e. The average Bonchev–Trinajstić information content (AvgIpc) is 3.24. The molecule has 4 aromatic rings. The standard InChI is InChI=1S/C28H24FN3O3/c1-35-24-15-19(10-11-21(24)29)28(34)32-25-16-18(12-13-30-25)27-20(14-17-6-3-2-4-7-17)26-22(31-27)8-5-9-23(26)33/h2-4,6-7,10-13,15-16,31H,5,8-9,14H2,1H3,(H,30,32,34). The molecule has 0 atom stereocenters. The number of carbonyl (C=O) groups excluding carboxylic acids is 2. The van der Waals surface area contributed by atoms with E-state index in [1.54, 1.807) is 12.3 Å². The maximum absolute atomic E-state index is 13.7. The van der Waals surface area contributed by atoms with Crippen LogP contribution in [0.1, 0.15) is 50.4 Å². The first-order valence-corrected chi connectivity index (χ1v) is 11.5. The van der Waals surface area contributed by atoms with E-state index in [9.17, 15) is 14.0 Å². The molecular weight excluding hydrogens is 445 g/mol. The van der Waals surface area contributed by atoms with E-state index in [1.165, 1.54) is 25.3 Å². The van der Waals surface area contributed by atoms with Gasteiger partial charge in [-0.2, -0.15) is 0 Å². The minimum Gasteiger partial charge on any atom is -0.494 e. The molecule has 2 N–H and O–H groups in total. The lowest BCUT2D eigenvalue weighted by Crippen LogP contribution is -2.13. The second-order valence-corrected chi connectivity index (χ2v) is 8.50. The minimum absolute atomic E-state index is 0.00783. The van der Waals surface area contributed by atoms with Gasteiger partial charge in [0.15, 0.2) is 17.3 Å². The van der Waals surface area contributed by atoms with Crippen LogP contribution < -0.4 is 10.1 Å². The van der Waals surface area contributed by atoms with Crippen LogP contribution >= 0.6 is 0 Å². The number of carbonyl (C=O) groups is 2. The van der Waals surface area contributed by atoms with Crippen molar-refractivity contribution in [3.63, 3.8) is 0 Å². The Morgan fingerprint density at radius 2 is 1.94 bits per heavy atom. The highest BCUT2D eigenvalue weighted by molar-refractivity contribution is 6.04. The number of H-pyrrole nitrogens is 1. The van der Waals surface area contributed by atoms with Gasteiger partial charge in [-0.3, -0.25) is 9.59 Å². The number of amides is 1. The molecule has 0 saturated carbocycles. The van der Waals surface area contributed by atoms with Crippen molar-refractivity contribution in [2.45, 2.75) is 25.7 Å². The molecule has 0 spiro atoms. The van der Waals surface area contributed by atoms with Crippen LogP contribution in [0.5, 0.6) is 5.75 Å². The number of benzene rings is 2. The van der Waals surface area contributed by atoms with Crippen LogP contribution in [0, 0.1) is 5.82 Å². The molecule has 35 heavy (non-hydrogen) atoms. The maximum Gasteiger partial charge on any atom is 0.256 e. The summed E-state index contributed by atoms with van der Waals surface area (Å²) in [6.45, 7) is 0. The summed E-state index contributed by atoms with van der Waals surface area (Å²) >= 11 is 0. The molecule has 0 aliphatic heterocycles. The van der Waals surface area contributed by atoms with Gasteiger partial charge in [-0.25, -0.2) is 9.37 Å². The number of pyridine rings is 1. The quantitative estimate of drug-likeness (QED) is 0.386. The highest BCUT2D eigenvalue weighted by atomic mass is 19.1. The number of nitrogens with zero attached hydrogens (tertiary/aromatic N) is 1. The van der Waals surface area contributed by atoms with E-state index in [4.69, 9.17) is 4.74 Å². The van der Waals surface area contributed by atoms with Crippen molar-refractivity contribution in [2.75, 3.05) is 12.4 Å². The zero-order valence-corrected chi connectivity index (χ0v) is 19.2. The molecule has 1 amide bonds. The second kappa shape index (κ2) is 9.54. The predicted molar refractivity (Wildman–Crippen MR) is 131 cm³/mol. The molecule has 0 unspecified atom stereocenters. The van der Waals surface area contributed by atoms with Gasteiger partial charge < -0.3 is 15.0 Å². The first-order chi connectivity index (χ1) is 17.0. The lowest BCUT2D eigenvalue weighted by Gasteiger charge is -2.12. The molecule has 2 aromatic carbocycles. The number of anilines is 1. The lowest BCUT2D eigenvalue weighted by molar-refractivity contribution is 0.0970. The summed E-state index contributed by atoms with van der Waals surface area (Å²) in [6, 6.07) is 17.6. The van der Waals surface area contributed by atoms with Crippen molar-refractivity contribution in [1.82, 2.24) is 9.97 Å². The third-order valence-corrected chi connectivity index (χ3v) is 6.22. The molecular formula is C28H24FN3O3. The number of aromatic nitrogens is 2. The van der Waals surface area contributed by atoms with Crippen LogP contribution in [-0.4, -0.2) is 28.8 Å². The van der Waals surface area contributed by atoms with E-state index < -0.39 is 11.7 Å². The number of rotatable bonds is 6. The molecule has 0 radical (unpaired) electrons. The first kappa shape index (κ1) is 22.5. The largest absolute Gasteiger partial charge is 0.494 e. The fraction of sp³-hybridized carbons (Fsp3) is 0.179. The summed E-state index contributed by atoms with van der Waals surface area (Å²) in [6.07, 6.45) is 4.43. The number of aromatic amines is 1. The van der Waals surface area contributed by atoms with E-state index >= 15 is 0 Å². The molecule has 1 aliphatic carbocycles. The van der Waals surface area contributed by atoms with Gasteiger partial charge in [0, 0.05) is 41.4 Å². The number of halogens is 1. The fourth-order valence-corrected chi connectivity index (χ4v) is 4.54. The Hall–Kier alpha value is -4.26. The minimum atomic E-state index is -0.541. The lowest BCUT2D eigenvalue weighted by atomic mass is 9.90. The van der Waals surface area contributed by atoms with E-state index in [-0.39, 0.29) is 17.1 Å². The number of ketones is 1. The molecule has 0 bridgehead atoms. The predicted octanol–water partition coefficient (Wildman–Crippen LogP) is 5.59. The molecule has 7 heteroatoms. The van der Waals surface area contributed by atoms with E-state index in [0.29, 0.717) is 18.7 Å². The number of ether oxygens (including phenoxy) is 1. The van der Waals surface area contributed by atoms with Crippen LogP contribution in [0.4, 0.5) is 10.2 Å². The van der Waals surface area contributed by atoms with Crippen molar-refractivity contribution < 1.29 is 18.7 Å². The number of Topliss-reactive ketones (excluding diaryl/α,β-unsaturated/α-hetero) is 1. The molecule has 0 fully saturated rings. The van der Waals surface area contributed by atoms with Crippen LogP contribution in [0.2, 0.25) is 0 Å². The third kappa shape index (κ3) is 4.57. The molecule has 5 rings (SSSR count). The van der Waals surface area contributed by atoms with Gasteiger partial charge in [-0.15, -0.1) is 0 Å². The van der Waals surface area contributed by atoms with Gasteiger partial charge >= 0.3 is 0 Å². The molecule has 6 nitrogen and oxygen atoms in total. The zero-order chi connectivity index (χ0) is 24.4. The highest BCUT2D eigenvalue weighted by Gasteiger charge is 2.26. The van der Waals surface area contributed by atoms with E-state index in [0.717, 1.165) is 46.5 Å². The highest BCUT2D eigenvalue weighted by Crippen LogP contribution is 2.35. The number of hydrogen-bond donors (Lipinski definition) is 2. The zero-order valence-electron chi connectivity index (χ0n) is 19.2. The summed E-state index contributed by atoms with van der Waals surface area (Å²) in [5.74, 6) is -0.474. The summed E-state index contributed by atoms with van der Waals surface area (Å²) in [5.41, 5.74) is 5.75. The Balaban J connectivity index is 1.49. The summed E-state index contributed by atoms with van der Waals surface area (Å²) in [7, 11) is 1.35. The van der Waals surface area contributed by atoms with Crippen molar-refractivity contribution >= 4 is 17.5 Å². The number of aryl methyl sites for hydroxylation is 1. The van der Waals surface area contributed by atoms with Crippen LogP contribution in [0.15, 0.2) is 66.9 Å². The average molecular weight is 470 g/mol. The van der Waals surface area contributed by atoms with Crippen LogP contribution in [0.25, 0.3) is 11.3 Å². The number of fused-ring (bicyclic) bond motifs is 1. The summed E-state index contributed by atoms with van der Waals surface area (Å²) in [5, 5.41) is 2.77. The number of hydrogen-bond acceptors (Lipinski definition) is 4. The van der Waals surface area contributed by atoms with Crippen LogP contribution in [-0.2, 0) is 12.8 Å². The van der Waals surface area contributed by atoms with Crippen molar-refractivity contribution in [3.8, 4) is 17.0 Å². The van der Waals surface area contributed by atoms with Crippen molar-refractivity contribution in [2.24, 2.45) is 0 Å². The van der Waals surface area contributed by atoms with Gasteiger partial charge in [0.05, 0.1) is 12.8 Å². The molecule has 2 heterocycles. The SMILES string of the molecule is COc1cc(C(=O)Nc2cc(-c3[nH]c4c(c3Cc3ccccc3)C(=O)CCC4)ccn2)ccc1F. The van der Waals surface area contributed by atoms with Gasteiger partial charge in [0.1, 0.15) is 5.82 Å². The van der Waals surface area contributed by atoms with E-state index in [1.807, 2.05) is 36.4 Å². The Labute approximate surface area is 202 Å². The van der Waals surface area contributed by atoms with Crippen LogP contribution in [0.3, 0.4) is 0 Å². The Morgan fingerprint density at radius 3 is 2.74 bits per heavy atom. The Kier molecular flexibility index (Phi) is 6.14. The fourth-order valence-electron chi connectivity index (χ4n) is 4.54. The summed E-state index contributed by atoms with van der Waals surface area (Å²) < 4.78 is 18.7. The molecule has 176 valence electrons. The molecule has 1 aliphatic rings. The molecule has 0 saturated heterocycles. The monoisotopic (exact) mass is 469 g/mol. The van der Waals surface area contributed by atoms with Gasteiger partial charge in [0.2, 0.25) is 0 Å². The van der Waals surface area contributed by atoms with E-state index in [2.05, 4.69) is 15.3 Å². The maximum atomic E-state index is 13.7. The normalized spacial score (nSPS) is 12.8. The Morgan fingerprint density at radius 1 is 1.11 bits per heavy atom. The Bertz CT molecular complexity index is 1410. The third-order valence-electron chi connectivity index (χ3n) is 6.22. The van der Waals surface area contributed by atoms with Crippen molar-refractivity contribution in [1.29, 1.82) is 0 Å². The molecule has 2 aromatic heterocycles. The van der Waals surface area contributed by atoms with Gasteiger partial charge in [-0.05, 0) is 54.3 Å². The van der Waals surface area contributed by atoms with Gasteiger partial charge in [0.25, 0.3) is 5.91 Å². The number of nitrogens with one attached hydrogen (secondary N) is 2. The van der Waals surface area contributed by atoms with Gasteiger partial charge in [-0.1, -0.05) is 30.3 Å². The second-order valence-electron chi connectivity index (χ2n) is 8.50. The first-order valence-electron chi connectivity index (χ1n) is 11.5. The number of methoxy groups -OCH3 is 1. The summed E-state index contributed by atoms with van der Waals surface area (Å²) in [4.78, 5) is 33.4. The topological polar surface area (TPSA) is 84.1 Å². The van der Waals surface area contributed by atoms with Crippen molar-refractivity contribution in [3.05, 3.63) is 101 Å².